The molecular weight excluding hydrogens is 230 g/mol. The maximum atomic E-state index is 3.59. The van der Waals surface area contributed by atoms with Crippen molar-refractivity contribution >= 4 is 21.8 Å². The third-order valence-corrected chi connectivity index (χ3v) is 3.95. The Balaban J connectivity index is 2.01. The van der Waals surface area contributed by atoms with Crippen LogP contribution < -0.4 is 0 Å². The minimum absolute atomic E-state index is 0.488. The molecule has 0 saturated heterocycles. The van der Waals surface area contributed by atoms with E-state index in [1.165, 1.54) is 27.4 Å². The molecule has 0 bridgehead atoms. The average Bonchev–Trinajstić information content (AvgIpc) is 2.87. The molecule has 1 aliphatic rings. The van der Waals surface area contributed by atoms with Crippen LogP contribution in [-0.4, -0.2) is 4.98 Å². The van der Waals surface area contributed by atoms with Crippen LogP contribution in [0.2, 0.25) is 0 Å². The molecule has 19 heavy (non-hydrogen) atoms. The number of aromatic nitrogens is 1. The molecule has 1 heteroatoms. The van der Waals surface area contributed by atoms with Gasteiger partial charge in [-0.25, -0.2) is 0 Å². The third-order valence-electron chi connectivity index (χ3n) is 3.95. The minimum atomic E-state index is 0.488. The highest BCUT2D eigenvalue weighted by atomic mass is 14.7. The van der Waals surface area contributed by atoms with E-state index < -0.39 is 0 Å². The molecule has 1 aromatic heterocycles. The Morgan fingerprint density at radius 3 is 2.68 bits per heavy atom. The van der Waals surface area contributed by atoms with Crippen molar-refractivity contribution in [1.82, 2.24) is 4.98 Å². The van der Waals surface area contributed by atoms with Crippen LogP contribution in [0.1, 0.15) is 17.9 Å². The van der Waals surface area contributed by atoms with Crippen molar-refractivity contribution in [1.29, 1.82) is 0 Å². The molecule has 0 amide bonds. The molecule has 0 saturated carbocycles. The second kappa shape index (κ2) is 4.13. The Hall–Kier alpha value is -2.28. The van der Waals surface area contributed by atoms with Gasteiger partial charge in [-0.3, -0.25) is 0 Å². The van der Waals surface area contributed by atoms with Crippen LogP contribution in [0.25, 0.3) is 21.8 Å². The van der Waals surface area contributed by atoms with Crippen molar-refractivity contribution in [2.75, 3.05) is 0 Å². The van der Waals surface area contributed by atoms with Crippen LogP contribution in [0.5, 0.6) is 0 Å². The Bertz CT molecular complexity index is 805. The van der Waals surface area contributed by atoms with Crippen LogP contribution in [0.3, 0.4) is 0 Å². The second-order valence-corrected chi connectivity index (χ2v) is 5.10. The highest BCUT2D eigenvalue weighted by molar-refractivity contribution is 6.08. The topological polar surface area (TPSA) is 15.8 Å². The summed E-state index contributed by atoms with van der Waals surface area (Å²) >= 11 is 0. The van der Waals surface area contributed by atoms with Crippen molar-refractivity contribution in [3.05, 3.63) is 72.3 Å². The van der Waals surface area contributed by atoms with E-state index in [4.69, 9.17) is 0 Å². The molecule has 0 radical (unpaired) electrons. The van der Waals surface area contributed by atoms with E-state index in [0.29, 0.717) is 5.92 Å². The number of fused-ring (bicyclic) bond motifs is 3. The summed E-state index contributed by atoms with van der Waals surface area (Å²) in [5, 5.41) is 2.64. The van der Waals surface area contributed by atoms with Gasteiger partial charge in [-0.1, -0.05) is 60.7 Å². The van der Waals surface area contributed by atoms with Gasteiger partial charge in [0, 0.05) is 22.2 Å². The highest BCUT2D eigenvalue weighted by Crippen LogP contribution is 2.33. The number of nitrogens with one attached hydrogen (secondary N) is 1. The first-order chi connectivity index (χ1) is 9.43. The largest absolute Gasteiger partial charge is 0.354 e. The van der Waals surface area contributed by atoms with Crippen LogP contribution in [-0.2, 0) is 0 Å². The number of hydrogen-bond acceptors (Lipinski definition) is 0. The zero-order valence-electron chi connectivity index (χ0n) is 10.6. The summed E-state index contributed by atoms with van der Waals surface area (Å²) in [6.07, 6.45) is 9.90. The molecule has 4 rings (SSSR count). The molecule has 1 atom stereocenters. The molecule has 1 nitrogen and oxygen atoms in total. The second-order valence-electron chi connectivity index (χ2n) is 5.10. The van der Waals surface area contributed by atoms with Crippen LogP contribution in [0, 0.1) is 0 Å². The summed E-state index contributed by atoms with van der Waals surface area (Å²) in [6.45, 7) is 0. The zero-order chi connectivity index (χ0) is 12.7. The molecule has 1 heterocycles. The van der Waals surface area contributed by atoms with Gasteiger partial charge < -0.3 is 4.98 Å². The predicted octanol–water partition coefficient (Wildman–Crippen LogP) is 4.92. The van der Waals surface area contributed by atoms with E-state index in [9.17, 15) is 0 Å². The van der Waals surface area contributed by atoms with Gasteiger partial charge in [-0.2, -0.15) is 0 Å². The summed E-state index contributed by atoms with van der Waals surface area (Å²) in [5.41, 5.74) is 3.91. The number of allylic oxidation sites excluding steroid dienone is 4. The standard InChI is InChI=1S/C18H15N/c1-2-7-13(8-3-1)14-10-6-11-16-15-9-4-5-12-17(15)19-18(14)16/h1-7,9-13,19H,8H2. The maximum absolute atomic E-state index is 3.59. The monoisotopic (exact) mass is 245 g/mol. The van der Waals surface area contributed by atoms with Gasteiger partial charge in [0.15, 0.2) is 0 Å². The molecule has 1 aliphatic carbocycles. The Morgan fingerprint density at radius 1 is 0.895 bits per heavy atom. The van der Waals surface area contributed by atoms with E-state index in [-0.39, 0.29) is 0 Å². The average molecular weight is 245 g/mol. The zero-order valence-corrected chi connectivity index (χ0v) is 10.6. The fourth-order valence-corrected chi connectivity index (χ4v) is 3.02. The molecule has 0 spiro atoms. The summed E-state index contributed by atoms with van der Waals surface area (Å²) in [5.74, 6) is 0.488. The molecule has 2 aromatic carbocycles. The number of rotatable bonds is 1. The quantitative estimate of drug-likeness (QED) is 0.626. The molecule has 1 N–H and O–H groups in total. The van der Waals surface area contributed by atoms with Crippen molar-refractivity contribution in [2.45, 2.75) is 12.3 Å². The SMILES string of the molecule is C1=CCC(c2cccc3c2[nH]c2ccccc23)C=C1. The van der Waals surface area contributed by atoms with E-state index in [2.05, 4.69) is 71.8 Å². The Labute approximate surface area is 112 Å². The Morgan fingerprint density at radius 2 is 1.79 bits per heavy atom. The summed E-state index contributed by atoms with van der Waals surface area (Å²) < 4.78 is 0. The highest BCUT2D eigenvalue weighted by Gasteiger charge is 2.14. The first kappa shape index (κ1) is 10.6. The van der Waals surface area contributed by atoms with E-state index in [1.54, 1.807) is 0 Å². The van der Waals surface area contributed by atoms with Gasteiger partial charge in [0.1, 0.15) is 0 Å². The van der Waals surface area contributed by atoms with Crippen LogP contribution in [0.4, 0.5) is 0 Å². The van der Waals surface area contributed by atoms with Gasteiger partial charge in [0.05, 0.1) is 5.52 Å². The first-order valence-corrected chi connectivity index (χ1v) is 6.76. The number of benzene rings is 2. The molecular formula is C18H15N. The fourth-order valence-electron chi connectivity index (χ4n) is 3.02. The lowest BCUT2D eigenvalue weighted by Crippen LogP contribution is -1.97. The molecule has 0 fully saturated rings. The lowest BCUT2D eigenvalue weighted by atomic mass is 9.91. The van der Waals surface area contributed by atoms with Gasteiger partial charge >= 0.3 is 0 Å². The van der Waals surface area contributed by atoms with E-state index in [0.717, 1.165) is 6.42 Å². The van der Waals surface area contributed by atoms with Gasteiger partial charge in [-0.05, 0) is 18.1 Å². The van der Waals surface area contributed by atoms with Crippen molar-refractivity contribution in [3.63, 3.8) is 0 Å². The lowest BCUT2D eigenvalue weighted by Gasteiger charge is -2.14. The molecule has 0 aliphatic heterocycles. The van der Waals surface area contributed by atoms with E-state index in [1.807, 2.05) is 0 Å². The molecule has 3 aromatic rings. The summed E-state index contributed by atoms with van der Waals surface area (Å²) in [6, 6.07) is 15.1. The molecule has 92 valence electrons. The van der Waals surface area contributed by atoms with Crippen molar-refractivity contribution in [3.8, 4) is 0 Å². The van der Waals surface area contributed by atoms with Crippen LogP contribution in [0.15, 0.2) is 66.8 Å². The van der Waals surface area contributed by atoms with Crippen molar-refractivity contribution in [2.24, 2.45) is 0 Å². The van der Waals surface area contributed by atoms with Gasteiger partial charge in [-0.15, -0.1) is 0 Å². The number of H-pyrrole nitrogens is 1. The van der Waals surface area contributed by atoms with Gasteiger partial charge in [0.25, 0.3) is 0 Å². The normalized spacial score (nSPS) is 18.4. The van der Waals surface area contributed by atoms with Gasteiger partial charge in [0.2, 0.25) is 0 Å². The first-order valence-electron chi connectivity index (χ1n) is 6.76. The number of para-hydroxylation sites is 2. The van der Waals surface area contributed by atoms with E-state index >= 15 is 0 Å². The fraction of sp³-hybridized carbons (Fsp3) is 0.111. The smallest absolute Gasteiger partial charge is 0.0503 e. The summed E-state index contributed by atoms with van der Waals surface area (Å²) in [4.78, 5) is 3.59. The Kier molecular flexibility index (Phi) is 2.31. The summed E-state index contributed by atoms with van der Waals surface area (Å²) in [7, 11) is 0. The van der Waals surface area contributed by atoms with Crippen LogP contribution >= 0.6 is 0 Å². The third kappa shape index (κ3) is 1.62. The lowest BCUT2D eigenvalue weighted by molar-refractivity contribution is 0.860. The van der Waals surface area contributed by atoms with Crippen molar-refractivity contribution < 1.29 is 0 Å². The molecule has 1 unspecified atom stereocenters. The number of aromatic amines is 1. The minimum Gasteiger partial charge on any atom is -0.354 e. The number of hydrogen-bond donors (Lipinski definition) is 1. The maximum Gasteiger partial charge on any atom is 0.0503 e. The predicted molar refractivity (Wildman–Crippen MR) is 81.4 cm³/mol.